The first kappa shape index (κ1) is 18.8. The largest absolute Gasteiger partial charge is 0.493 e. The SMILES string of the molecule is CCOC(=O)CCNC(=O)NCCCOc1c(C)cccc1C. The van der Waals surface area contributed by atoms with Crippen molar-refractivity contribution in [1.29, 1.82) is 0 Å². The number of esters is 1. The number of ether oxygens (including phenoxy) is 2. The van der Waals surface area contributed by atoms with Crippen molar-refractivity contribution in [3.05, 3.63) is 29.3 Å². The molecule has 2 amide bonds. The number of rotatable bonds is 9. The van der Waals surface area contributed by atoms with E-state index in [0.29, 0.717) is 26.2 Å². The van der Waals surface area contributed by atoms with E-state index in [1.807, 2.05) is 32.0 Å². The molecule has 1 rings (SSSR count). The third kappa shape index (κ3) is 7.54. The van der Waals surface area contributed by atoms with Gasteiger partial charge in [-0.2, -0.15) is 0 Å². The first-order chi connectivity index (χ1) is 11.0. The smallest absolute Gasteiger partial charge is 0.314 e. The molecule has 0 radical (unpaired) electrons. The zero-order chi connectivity index (χ0) is 17.1. The number of hydrogen-bond donors (Lipinski definition) is 2. The minimum atomic E-state index is -0.310. The summed E-state index contributed by atoms with van der Waals surface area (Å²) in [5, 5.41) is 5.33. The summed E-state index contributed by atoms with van der Waals surface area (Å²) in [7, 11) is 0. The van der Waals surface area contributed by atoms with Gasteiger partial charge in [-0.15, -0.1) is 0 Å². The van der Waals surface area contributed by atoms with Crippen molar-refractivity contribution >= 4 is 12.0 Å². The first-order valence-electron chi connectivity index (χ1n) is 7.91. The Hall–Kier alpha value is -2.24. The molecule has 0 spiro atoms. The fraction of sp³-hybridized carbons (Fsp3) is 0.529. The molecule has 0 saturated carbocycles. The molecule has 128 valence electrons. The molecule has 0 fully saturated rings. The fourth-order valence-corrected chi connectivity index (χ4v) is 2.05. The van der Waals surface area contributed by atoms with Gasteiger partial charge in [-0.1, -0.05) is 18.2 Å². The molecule has 1 aromatic carbocycles. The maximum absolute atomic E-state index is 11.5. The van der Waals surface area contributed by atoms with Crippen molar-refractivity contribution in [3.63, 3.8) is 0 Å². The molecule has 0 unspecified atom stereocenters. The maximum atomic E-state index is 11.5. The third-order valence-electron chi connectivity index (χ3n) is 3.18. The first-order valence-corrected chi connectivity index (χ1v) is 7.91. The number of benzene rings is 1. The van der Waals surface area contributed by atoms with E-state index in [2.05, 4.69) is 10.6 Å². The van der Waals surface area contributed by atoms with Gasteiger partial charge in [0, 0.05) is 13.1 Å². The summed E-state index contributed by atoms with van der Waals surface area (Å²) in [4.78, 5) is 22.6. The highest BCUT2D eigenvalue weighted by atomic mass is 16.5. The lowest BCUT2D eigenvalue weighted by Crippen LogP contribution is -2.37. The summed E-state index contributed by atoms with van der Waals surface area (Å²) in [6.45, 7) is 7.44. The number of nitrogens with one attached hydrogen (secondary N) is 2. The van der Waals surface area contributed by atoms with E-state index >= 15 is 0 Å². The summed E-state index contributed by atoms with van der Waals surface area (Å²) in [6.07, 6.45) is 0.885. The van der Waals surface area contributed by atoms with Gasteiger partial charge in [-0.05, 0) is 38.3 Å². The van der Waals surface area contributed by atoms with Crippen LogP contribution >= 0.6 is 0 Å². The molecule has 23 heavy (non-hydrogen) atoms. The fourth-order valence-electron chi connectivity index (χ4n) is 2.05. The Kier molecular flexibility index (Phi) is 8.57. The van der Waals surface area contributed by atoms with Crippen LogP contribution in [0.5, 0.6) is 5.75 Å². The van der Waals surface area contributed by atoms with Crippen LogP contribution in [0.2, 0.25) is 0 Å². The van der Waals surface area contributed by atoms with Gasteiger partial charge in [0.15, 0.2) is 0 Å². The minimum Gasteiger partial charge on any atom is -0.493 e. The molecule has 6 nitrogen and oxygen atoms in total. The summed E-state index contributed by atoms with van der Waals surface area (Å²) < 4.78 is 10.5. The predicted octanol–water partition coefficient (Wildman–Crippen LogP) is 2.32. The summed E-state index contributed by atoms with van der Waals surface area (Å²) >= 11 is 0. The standard InChI is InChI=1S/C17H26N2O4/c1-4-22-15(20)9-11-19-17(21)18-10-6-12-23-16-13(2)7-5-8-14(16)3/h5,7-8H,4,6,9-12H2,1-3H3,(H2,18,19,21). The van der Waals surface area contributed by atoms with Crippen LogP contribution in [0.15, 0.2) is 18.2 Å². The highest BCUT2D eigenvalue weighted by molar-refractivity contribution is 5.75. The lowest BCUT2D eigenvalue weighted by Gasteiger charge is -2.12. The van der Waals surface area contributed by atoms with Crippen LogP contribution in [0.1, 0.15) is 30.9 Å². The molecule has 0 aliphatic heterocycles. The van der Waals surface area contributed by atoms with E-state index in [1.54, 1.807) is 6.92 Å². The van der Waals surface area contributed by atoms with Crippen LogP contribution in [0.4, 0.5) is 4.79 Å². The van der Waals surface area contributed by atoms with E-state index in [9.17, 15) is 9.59 Å². The Morgan fingerprint density at radius 1 is 1.09 bits per heavy atom. The second-order valence-electron chi connectivity index (χ2n) is 5.16. The second-order valence-corrected chi connectivity index (χ2v) is 5.16. The van der Waals surface area contributed by atoms with Crippen molar-refractivity contribution in [3.8, 4) is 5.75 Å². The summed E-state index contributed by atoms with van der Waals surface area (Å²) in [6, 6.07) is 5.73. The van der Waals surface area contributed by atoms with Crippen LogP contribution in [0.25, 0.3) is 0 Å². The summed E-state index contributed by atoms with van der Waals surface area (Å²) in [5.41, 5.74) is 2.21. The van der Waals surface area contributed by atoms with E-state index in [4.69, 9.17) is 9.47 Å². The van der Waals surface area contributed by atoms with Gasteiger partial charge >= 0.3 is 12.0 Å². The lowest BCUT2D eigenvalue weighted by molar-refractivity contribution is -0.142. The normalized spacial score (nSPS) is 10.0. The van der Waals surface area contributed by atoms with Crippen molar-refractivity contribution in [2.45, 2.75) is 33.6 Å². The number of para-hydroxylation sites is 1. The van der Waals surface area contributed by atoms with Gasteiger partial charge in [-0.25, -0.2) is 4.79 Å². The predicted molar refractivity (Wildman–Crippen MR) is 88.7 cm³/mol. The molecule has 0 aliphatic rings. The quantitative estimate of drug-likeness (QED) is 0.540. The van der Waals surface area contributed by atoms with Crippen molar-refractivity contribution < 1.29 is 19.1 Å². The molecule has 0 saturated heterocycles. The molecule has 1 aromatic rings. The second kappa shape index (κ2) is 10.5. The lowest BCUT2D eigenvalue weighted by atomic mass is 10.1. The van der Waals surface area contributed by atoms with Gasteiger partial charge in [0.1, 0.15) is 5.75 Å². The van der Waals surface area contributed by atoms with Gasteiger partial charge in [-0.3, -0.25) is 4.79 Å². The number of aryl methyl sites for hydroxylation is 2. The Morgan fingerprint density at radius 3 is 2.39 bits per heavy atom. The van der Waals surface area contributed by atoms with Crippen LogP contribution in [-0.4, -0.2) is 38.3 Å². The maximum Gasteiger partial charge on any atom is 0.314 e. The van der Waals surface area contributed by atoms with Crippen LogP contribution in [0.3, 0.4) is 0 Å². The molecular formula is C17H26N2O4. The number of carbonyl (C=O) groups is 2. The highest BCUT2D eigenvalue weighted by Gasteiger charge is 2.05. The molecule has 6 heteroatoms. The summed E-state index contributed by atoms with van der Waals surface area (Å²) in [5.74, 6) is 0.598. The molecule has 2 N–H and O–H groups in total. The monoisotopic (exact) mass is 322 g/mol. The van der Waals surface area contributed by atoms with E-state index < -0.39 is 0 Å². The minimum absolute atomic E-state index is 0.178. The van der Waals surface area contributed by atoms with Gasteiger partial charge < -0.3 is 20.1 Å². The average Bonchev–Trinajstić information content (AvgIpc) is 2.50. The van der Waals surface area contributed by atoms with Gasteiger partial charge in [0.05, 0.1) is 19.6 Å². The van der Waals surface area contributed by atoms with E-state index in [0.717, 1.165) is 16.9 Å². The topological polar surface area (TPSA) is 76.7 Å². The Labute approximate surface area is 137 Å². The Balaban J connectivity index is 2.10. The number of hydrogen-bond acceptors (Lipinski definition) is 4. The Morgan fingerprint density at radius 2 is 1.74 bits per heavy atom. The van der Waals surface area contributed by atoms with Crippen LogP contribution < -0.4 is 15.4 Å². The van der Waals surface area contributed by atoms with Crippen molar-refractivity contribution in [2.24, 2.45) is 0 Å². The van der Waals surface area contributed by atoms with Crippen LogP contribution in [-0.2, 0) is 9.53 Å². The van der Waals surface area contributed by atoms with E-state index in [1.165, 1.54) is 0 Å². The molecule has 0 aromatic heterocycles. The van der Waals surface area contributed by atoms with Crippen molar-refractivity contribution in [1.82, 2.24) is 10.6 Å². The molecule has 0 bridgehead atoms. The zero-order valence-corrected chi connectivity index (χ0v) is 14.1. The average molecular weight is 322 g/mol. The number of urea groups is 1. The molecular weight excluding hydrogens is 296 g/mol. The van der Waals surface area contributed by atoms with Gasteiger partial charge in [0.25, 0.3) is 0 Å². The number of amides is 2. The zero-order valence-electron chi connectivity index (χ0n) is 14.1. The van der Waals surface area contributed by atoms with E-state index in [-0.39, 0.29) is 25.0 Å². The van der Waals surface area contributed by atoms with Crippen molar-refractivity contribution in [2.75, 3.05) is 26.3 Å². The molecule has 0 heterocycles. The third-order valence-corrected chi connectivity index (χ3v) is 3.18. The molecule has 0 aliphatic carbocycles. The Bertz CT molecular complexity index is 497. The number of carbonyl (C=O) groups excluding carboxylic acids is 2. The molecule has 0 atom stereocenters. The van der Waals surface area contributed by atoms with Gasteiger partial charge in [0.2, 0.25) is 0 Å². The highest BCUT2D eigenvalue weighted by Crippen LogP contribution is 2.22. The van der Waals surface area contributed by atoms with Crippen LogP contribution in [0, 0.1) is 13.8 Å².